The van der Waals surface area contributed by atoms with Crippen molar-refractivity contribution < 1.29 is 9.50 Å². The van der Waals surface area contributed by atoms with E-state index in [-0.39, 0.29) is 5.82 Å². The van der Waals surface area contributed by atoms with E-state index in [2.05, 4.69) is 6.92 Å². The van der Waals surface area contributed by atoms with Crippen LogP contribution in [0.2, 0.25) is 0 Å². The molecule has 0 spiro atoms. The normalized spacial score (nSPS) is 12.9. The van der Waals surface area contributed by atoms with Gasteiger partial charge in [0.15, 0.2) is 0 Å². The molecule has 0 radical (unpaired) electrons. The molecular weight excluding hydrogens is 179 g/mol. The van der Waals surface area contributed by atoms with Gasteiger partial charge in [-0.1, -0.05) is 38.0 Å². The molecule has 1 nitrogen and oxygen atoms in total. The summed E-state index contributed by atoms with van der Waals surface area (Å²) in [5.74, 6) is -0.267. The lowest BCUT2D eigenvalue weighted by atomic mass is 10.0. The first-order valence-electron chi connectivity index (χ1n) is 5.10. The predicted molar refractivity (Wildman–Crippen MR) is 55.6 cm³/mol. The molecule has 0 bridgehead atoms. The Hall–Kier alpha value is -0.890. The van der Waals surface area contributed by atoms with Crippen LogP contribution >= 0.6 is 0 Å². The summed E-state index contributed by atoms with van der Waals surface area (Å²) < 4.78 is 13.5. The highest BCUT2D eigenvalue weighted by Crippen LogP contribution is 2.23. The van der Waals surface area contributed by atoms with Gasteiger partial charge in [0.25, 0.3) is 0 Å². The topological polar surface area (TPSA) is 20.2 Å². The number of aliphatic hydroxyl groups is 1. The summed E-state index contributed by atoms with van der Waals surface area (Å²) in [5, 5.41) is 9.72. The molecule has 2 heteroatoms. The van der Waals surface area contributed by atoms with Crippen LogP contribution < -0.4 is 0 Å². The fourth-order valence-corrected chi connectivity index (χ4v) is 1.48. The maximum Gasteiger partial charge on any atom is 0.131 e. The molecule has 78 valence electrons. The van der Waals surface area contributed by atoms with Gasteiger partial charge in [-0.2, -0.15) is 0 Å². The minimum absolute atomic E-state index is 0.267. The number of aliphatic hydroxyl groups excluding tert-OH is 1. The summed E-state index contributed by atoms with van der Waals surface area (Å²) in [6, 6.07) is 5.15. The second-order valence-corrected chi connectivity index (χ2v) is 3.64. The fourth-order valence-electron chi connectivity index (χ4n) is 1.48. The van der Waals surface area contributed by atoms with Gasteiger partial charge in [-0.05, 0) is 18.9 Å². The third kappa shape index (κ3) is 2.55. The Bertz CT molecular complexity index is 296. The summed E-state index contributed by atoms with van der Waals surface area (Å²) in [6.07, 6.45) is 1.92. The van der Waals surface area contributed by atoms with E-state index in [1.807, 2.05) is 0 Å². The fraction of sp³-hybridized carbons (Fsp3) is 0.500. The van der Waals surface area contributed by atoms with Crippen molar-refractivity contribution in [3.8, 4) is 0 Å². The molecule has 0 fully saturated rings. The van der Waals surface area contributed by atoms with Crippen LogP contribution in [0, 0.1) is 12.7 Å². The number of rotatable bonds is 4. The number of benzene rings is 1. The van der Waals surface area contributed by atoms with Crippen LogP contribution in [-0.4, -0.2) is 5.11 Å². The first kappa shape index (κ1) is 11.2. The molecule has 0 saturated heterocycles. The maximum atomic E-state index is 13.5. The Morgan fingerprint density at radius 1 is 1.43 bits per heavy atom. The van der Waals surface area contributed by atoms with E-state index in [1.165, 1.54) is 0 Å². The van der Waals surface area contributed by atoms with Crippen LogP contribution in [-0.2, 0) is 0 Å². The van der Waals surface area contributed by atoms with Crippen molar-refractivity contribution in [3.63, 3.8) is 0 Å². The smallest absolute Gasteiger partial charge is 0.131 e. The van der Waals surface area contributed by atoms with E-state index in [4.69, 9.17) is 0 Å². The molecule has 1 atom stereocenters. The van der Waals surface area contributed by atoms with Gasteiger partial charge in [-0.15, -0.1) is 0 Å². The molecule has 0 aliphatic rings. The third-order valence-electron chi connectivity index (χ3n) is 2.41. The largest absolute Gasteiger partial charge is 0.388 e. The van der Waals surface area contributed by atoms with Gasteiger partial charge in [-0.25, -0.2) is 4.39 Å². The Kier molecular flexibility index (Phi) is 4.08. The summed E-state index contributed by atoms with van der Waals surface area (Å²) in [5.41, 5.74) is 1.02. The van der Waals surface area contributed by atoms with Gasteiger partial charge in [-0.3, -0.25) is 0 Å². The predicted octanol–water partition coefficient (Wildman–Crippen LogP) is 3.36. The van der Waals surface area contributed by atoms with Gasteiger partial charge in [0.05, 0.1) is 6.10 Å². The van der Waals surface area contributed by atoms with E-state index >= 15 is 0 Å². The first-order valence-corrected chi connectivity index (χ1v) is 5.10. The monoisotopic (exact) mass is 196 g/mol. The van der Waals surface area contributed by atoms with Gasteiger partial charge < -0.3 is 5.11 Å². The van der Waals surface area contributed by atoms with Gasteiger partial charge >= 0.3 is 0 Å². The Labute approximate surface area is 84.6 Å². The van der Waals surface area contributed by atoms with E-state index in [0.29, 0.717) is 17.5 Å². The second kappa shape index (κ2) is 5.11. The molecule has 1 aromatic rings. The van der Waals surface area contributed by atoms with Gasteiger partial charge in [0, 0.05) is 5.56 Å². The number of unbranched alkanes of at least 4 members (excludes halogenated alkanes) is 1. The zero-order valence-corrected chi connectivity index (χ0v) is 8.76. The van der Waals surface area contributed by atoms with Gasteiger partial charge in [0.1, 0.15) is 5.82 Å². The Morgan fingerprint density at radius 2 is 2.14 bits per heavy atom. The molecule has 1 N–H and O–H groups in total. The average Bonchev–Trinajstić information content (AvgIpc) is 2.18. The number of hydrogen-bond acceptors (Lipinski definition) is 1. The van der Waals surface area contributed by atoms with E-state index in [9.17, 15) is 9.50 Å². The standard InChI is InChI=1S/C12H17FO/c1-3-4-8-11(14)10-7-5-6-9(2)12(10)13/h5-7,11,14H,3-4,8H2,1-2H3. The van der Waals surface area contributed by atoms with Gasteiger partial charge in [0.2, 0.25) is 0 Å². The molecule has 0 aliphatic carbocycles. The van der Waals surface area contributed by atoms with Crippen LogP contribution in [0.25, 0.3) is 0 Å². The summed E-state index contributed by atoms with van der Waals surface area (Å²) in [6.45, 7) is 3.77. The van der Waals surface area contributed by atoms with Crippen molar-refractivity contribution in [2.24, 2.45) is 0 Å². The molecule has 0 amide bonds. The van der Waals surface area contributed by atoms with E-state index < -0.39 is 6.10 Å². The average molecular weight is 196 g/mol. The van der Waals surface area contributed by atoms with E-state index in [1.54, 1.807) is 25.1 Å². The quantitative estimate of drug-likeness (QED) is 0.782. The van der Waals surface area contributed by atoms with Crippen LogP contribution in [0.1, 0.15) is 43.4 Å². The first-order chi connectivity index (χ1) is 6.66. The SMILES string of the molecule is CCCCC(O)c1cccc(C)c1F. The van der Waals surface area contributed by atoms with Crippen molar-refractivity contribution in [2.75, 3.05) is 0 Å². The van der Waals surface area contributed by atoms with Crippen LogP contribution in [0.15, 0.2) is 18.2 Å². The lowest BCUT2D eigenvalue weighted by molar-refractivity contribution is 0.159. The van der Waals surface area contributed by atoms with Crippen LogP contribution in [0.3, 0.4) is 0 Å². The molecular formula is C12H17FO. The maximum absolute atomic E-state index is 13.5. The zero-order chi connectivity index (χ0) is 10.6. The summed E-state index contributed by atoms with van der Waals surface area (Å²) in [7, 11) is 0. The molecule has 0 heterocycles. The highest BCUT2D eigenvalue weighted by Gasteiger charge is 2.12. The molecule has 14 heavy (non-hydrogen) atoms. The van der Waals surface area contributed by atoms with E-state index in [0.717, 1.165) is 12.8 Å². The van der Waals surface area contributed by atoms with Crippen molar-refractivity contribution >= 4 is 0 Å². The minimum Gasteiger partial charge on any atom is -0.388 e. The summed E-state index contributed by atoms with van der Waals surface area (Å²) >= 11 is 0. The van der Waals surface area contributed by atoms with Crippen molar-refractivity contribution in [1.82, 2.24) is 0 Å². The lowest BCUT2D eigenvalue weighted by Gasteiger charge is -2.12. The second-order valence-electron chi connectivity index (χ2n) is 3.64. The minimum atomic E-state index is -0.658. The van der Waals surface area contributed by atoms with Crippen molar-refractivity contribution in [1.29, 1.82) is 0 Å². The number of halogens is 1. The number of aryl methyl sites for hydroxylation is 1. The molecule has 0 saturated carbocycles. The lowest BCUT2D eigenvalue weighted by Crippen LogP contribution is -2.01. The molecule has 0 aliphatic heterocycles. The van der Waals surface area contributed by atoms with Crippen LogP contribution in [0.5, 0.6) is 0 Å². The Balaban J connectivity index is 2.79. The summed E-state index contributed by atoms with van der Waals surface area (Å²) in [4.78, 5) is 0. The zero-order valence-electron chi connectivity index (χ0n) is 8.76. The number of hydrogen-bond donors (Lipinski definition) is 1. The molecule has 1 aromatic carbocycles. The van der Waals surface area contributed by atoms with Crippen molar-refractivity contribution in [3.05, 3.63) is 35.1 Å². The highest BCUT2D eigenvalue weighted by atomic mass is 19.1. The Morgan fingerprint density at radius 3 is 2.79 bits per heavy atom. The molecule has 0 aromatic heterocycles. The van der Waals surface area contributed by atoms with Crippen LogP contribution in [0.4, 0.5) is 4.39 Å². The molecule has 1 rings (SSSR count). The van der Waals surface area contributed by atoms with Crippen molar-refractivity contribution in [2.45, 2.75) is 39.2 Å². The third-order valence-corrected chi connectivity index (χ3v) is 2.41. The molecule has 1 unspecified atom stereocenters. The highest BCUT2D eigenvalue weighted by molar-refractivity contribution is 5.26.